The Morgan fingerprint density at radius 3 is 2.83 bits per heavy atom. The maximum atomic E-state index is 14.2. The monoisotopic (exact) mass is 324 g/mol. The van der Waals surface area contributed by atoms with Crippen LogP contribution in [0.25, 0.3) is 0 Å². The van der Waals surface area contributed by atoms with Gasteiger partial charge in [-0.2, -0.15) is 0 Å². The second kappa shape index (κ2) is 7.14. The number of nitrogens with one attached hydrogen (secondary N) is 1. The lowest BCUT2D eigenvalue weighted by molar-refractivity contribution is 0.0963. The molecule has 2 N–H and O–H groups in total. The van der Waals surface area contributed by atoms with Crippen LogP contribution in [0.2, 0.25) is 0 Å². The quantitative estimate of drug-likeness (QED) is 0.859. The molecule has 3 rings (SSSR count). The molecule has 0 spiro atoms. The molecule has 0 saturated carbocycles. The Kier molecular flexibility index (Phi) is 4.97. The number of carbonyl (C=O) groups is 1. The van der Waals surface area contributed by atoms with E-state index in [2.05, 4.69) is 5.32 Å². The number of anilines is 1. The first-order valence-electron chi connectivity index (χ1n) is 7.89. The van der Waals surface area contributed by atoms with Gasteiger partial charge in [0.05, 0.1) is 25.4 Å². The molecule has 6 nitrogen and oxygen atoms in total. The Hall–Kier alpha value is -1.86. The molecule has 2 fully saturated rings. The lowest BCUT2D eigenvalue weighted by Crippen LogP contribution is -2.30. The maximum Gasteiger partial charge on any atom is 0.414 e. The number of rotatable bonds is 5. The van der Waals surface area contributed by atoms with Crippen molar-refractivity contribution < 1.29 is 23.8 Å². The van der Waals surface area contributed by atoms with E-state index < -0.39 is 18.0 Å². The van der Waals surface area contributed by atoms with E-state index in [-0.39, 0.29) is 18.9 Å². The molecule has 2 aliphatic heterocycles. The number of aliphatic hydroxyl groups is 1. The number of benzene rings is 1. The maximum absolute atomic E-state index is 14.2. The summed E-state index contributed by atoms with van der Waals surface area (Å²) in [6, 6.07) is 4.42. The molecule has 0 aliphatic carbocycles. The van der Waals surface area contributed by atoms with E-state index in [1.165, 1.54) is 17.0 Å². The molecule has 126 valence electrons. The first-order valence-corrected chi connectivity index (χ1v) is 7.89. The van der Waals surface area contributed by atoms with E-state index >= 15 is 0 Å². The molecule has 0 bridgehead atoms. The molecule has 0 aromatic heterocycles. The zero-order chi connectivity index (χ0) is 16.2. The van der Waals surface area contributed by atoms with Gasteiger partial charge in [-0.1, -0.05) is 0 Å². The molecule has 1 amide bonds. The SMILES string of the molecule is O=C1OC(CO)CN1c1ccc(OCC2CCNCC2)c(F)c1. The van der Waals surface area contributed by atoms with Gasteiger partial charge < -0.3 is 19.9 Å². The summed E-state index contributed by atoms with van der Waals surface area (Å²) in [7, 11) is 0. The van der Waals surface area contributed by atoms with Gasteiger partial charge in [-0.25, -0.2) is 9.18 Å². The standard InChI is InChI=1S/C16H21FN2O4/c17-14-7-12(19-8-13(9-20)23-16(19)21)1-2-15(14)22-10-11-3-5-18-6-4-11/h1-2,7,11,13,18,20H,3-6,8-10H2. The van der Waals surface area contributed by atoms with Crippen LogP contribution in [0.15, 0.2) is 18.2 Å². The van der Waals surface area contributed by atoms with Gasteiger partial charge in [-0.15, -0.1) is 0 Å². The third-order valence-electron chi connectivity index (χ3n) is 4.24. The molecule has 2 aliphatic rings. The fraction of sp³-hybridized carbons (Fsp3) is 0.562. The summed E-state index contributed by atoms with van der Waals surface area (Å²) in [5, 5.41) is 12.3. The van der Waals surface area contributed by atoms with Gasteiger partial charge in [0.1, 0.15) is 6.10 Å². The van der Waals surface area contributed by atoms with Gasteiger partial charge in [0.25, 0.3) is 0 Å². The summed E-state index contributed by atoms with van der Waals surface area (Å²) in [5.41, 5.74) is 0.401. The molecular weight excluding hydrogens is 303 g/mol. The molecule has 0 radical (unpaired) electrons. The molecule has 23 heavy (non-hydrogen) atoms. The molecule has 1 unspecified atom stereocenters. The highest BCUT2D eigenvalue weighted by molar-refractivity contribution is 5.89. The first kappa shape index (κ1) is 16.0. The van der Waals surface area contributed by atoms with Crippen LogP contribution in [-0.2, 0) is 4.74 Å². The zero-order valence-electron chi connectivity index (χ0n) is 12.8. The smallest absolute Gasteiger partial charge is 0.414 e. The van der Waals surface area contributed by atoms with Gasteiger partial charge >= 0.3 is 6.09 Å². The minimum absolute atomic E-state index is 0.193. The lowest BCUT2D eigenvalue weighted by atomic mass is 9.99. The van der Waals surface area contributed by atoms with Crippen molar-refractivity contribution in [3.05, 3.63) is 24.0 Å². The summed E-state index contributed by atoms with van der Waals surface area (Å²) in [6.45, 7) is 2.40. The van der Waals surface area contributed by atoms with E-state index in [9.17, 15) is 9.18 Å². The summed E-state index contributed by atoms with van der Waals surface area (Å²) >= 11 is 0. The third-order valence-corrected chi connectivity index (χ3v) is 4.24. The van der Waals surface area contributed by atoms with E-state index in [0.29, 0.717) is 18.2 Å². The van der Waals surface area contributed by atoms with Crippen molar-refractivity contribution in [2.24, 2.45) is 5.92 Å². The van der Waals surface area contributed by atoms with Crippen molar-refractivity contribution in [1.29, 1.82) is 0 Å². The highest BCUT2D eigenvalue weighted by atomic mass is 19.1. The number of amides is 1. The van der Waals surface area contributed by atoms with Crippen LogP contribution < -0.4 is 15.0 Å². The number of ether oxygens (including phenoxy) is 2. The average Bonchev–Trinajstić information content (AvgIpc) is 2.96. The summed E-state index contributed by atoms with van der Waals surface area (Å²) in [5.74, 6) is 0.129. The van der Waals surface area contributed by atoms with E-state index in [0.717, 1.165) is 25.9 Å². The van der Waals surface area contributed by atoms with Crippen molar-refractivity contribution in [3.63, 3.8) is 0 Å². The minimum Gasteiger partial charge on any atom is -0.490 e. The molecule has 7 heteroatoms. The number of carbonyl (C=O) groups excluding carboxylic acids is 1. The second-order valence-corrected chi connectivity index (χ2v) is 5.92. The van der Waals surface area contributed by atoms with Crippen molar-refractivity contribution in [3.8, 4) is 5.75 Å². The molecular formula is C16H21FN2O4. The normalized spacial score (nSPS) is 22.3. The van der Waals surface area contributed by atoms with Crippen LogP contribution in [0.4, 0.5) is 14.9 Å². The summed E-state index contributed by atoms with van der Waals surface area (Å²) < 4.78 is 24.7. The number of aliphatic hydroxyl groups excluding tert-OH is 1. The predicted molar refractivity (Wildman–Crippen MR) is 82.2 cm³/mol. The van der Waals surface area contributed by atoms with Gasteiger partial charge in [0.15, 0.2) is 11.6 Å². The van der Waals surface area contributed by atoms with Gasteiger partial charge in [-0.05, 0) is 44.0 Å². The molecule has 1 aromatic carbocycles. The lowest BCUT2D eigenvalue weighted by Gasteiger charge is -2.23. The topological polar surface area (TPSA) is 71.0 Å². The Morgan fingerprint density at radius 1 is 1.39 bits per heavy atom. The number of hydrogen-bond donors (Lipinski definition) is 2. The largest absolute Gasteiger partial charge is 0.490 e. The van der Waals surface area contributed by atoms with Crippen LogP contribution in [0.5, 0.6) is 5.75 Å². The van der Waals surface area contributed by atoms with E-state index in [4.69, 9.17) is 14.6 Å². The van der Waals surface area contributed by atoms with Crippen LogP contribution in [0, 0.1) is 11.7 Å². The van der Waals surface area contributed by atoms with Gasteiger partial charge in [0.2, 0.25) is 0 Å². The molecule has 1 atom stereocenters. The van der Waals surface area contributed by atoms with Crippen LogP contribution in [0.3, 0.4) is 0 Å². The van der Waals surface area contributed by atoms with Crippen molar-refractivity contribution in [2.75, 3.05) is 37.7 Å². The Labute approximate surface area is 134 Å². The summed E-state index contributed by atoms with van der Waals surface area (Å²) in [6.07, 6.45) is 0.914. The highest BCUT2D eigenvalue weighted by Crippen LogP contribution is 2.27. The number of cyclic esters (lactones) is 1. The van der Waals surface area contributed by atoms with Crippen LogP contribution in [-0.4, -0.2) is 50.2 Å². The zero-order valence-corrected chi connectivity index (χ0v) is 12.8. The fourth-order valence-corrected chi connectivity index (χ4v) is 2.86. The van der Waals surface area contributed by atoms with E-state index in [1.54, 1.807) is 6.07 Å². The fourth-order valence-electron chi connectivity index (χ4n) is 2.86. The Bertz CT molecular complexity index is 563. The number of nitrogens with zero attached hydrogens (tertiary/aromatic N) is 1. The Morgan fingerprint density at radius 2 is 2.17 bits per heavy atom. The molecule has 2 saturated heterocycles. The van der Waals surface area contributed by atoms with Crippen LogP contribution in [0.1, 0.15) is 12.8 Å². The van der Waals surface area contributed by atoms with Crippen molar-refractivity contribution in [1.82, 2.24) is 5.32 Å². The predicted octanol–water partition coefficient (Wildman–Crippen LogP) is 1.52. The minimum atomic E-state index is -0.577. The Balaban J connectivity index is 1.62. The van der Waals surface area contributed by atoms with Gasteiger partial charge in [-0.3, -0.25) is 4.90 Å². The van der Waals surface area contributed by atoms with Crippen LogP contribution >= 0.6 is 0 Å². The number of piperidine rings is 1. The van der Waals surface area contributed by atoms with Crippen molar-refractivity contribution in [2.45, 2.75) is 18.9 Å². The summed E-state index contributed by atoms with van der Waals surface area (Å²) in [4.78, 5) is 13.0. The highest BCUT2D eigenvalue weighted by Gasteiger charge is 2.32. The third kappa shape index (κ3) is 3.73. The molecule has 1 aromatic rings. The number of hydrogen-bond acceptors (Lipinski definition) is 5. The van der Waals surface area contributed by atoms with Crippen molar-refractivity contribution >= 4 is 11.8 Å². The van der Waals surface area contributed by atoms with Gasteiger partial charge in [0, 0.05) is 6.07 Å². The first-order chi connectivity index (χ1) is 11.2. The number of halogens is 1. The molecule has 2 heterocycles. The van der Waals surface area contributed by atoms with E-state index in [1.807, 2.05) is 0 Å². The average molecular weight is 324 g/mol. The second-order valence-electron chi connectivity index (χ2n) is 5.92.